The first-order chi connectivity index (χ1) is 12.1. The number of nitrogens with zero attached hydrogens (tertiary/aromatic N) is 2. The van der Waals surface area contributed by atoms with Gasteiger partial charge in [0.25, 0.3) is 0 Å². The van der Waals surface area contributed by atoms with Crippen LogP contribution < -0.4 is 10.1 Å². The van der Waals surface area contributed by atoms with Crippen LogP contribution in [0.3, 0.4) is 0 Å². The van der Waals surface area contributed by atoms with Gasteiger partial charge in [0.15, 0.2) is 16.7 Å². The summed E-state index contributed by atoms with van der Waals surface area (Å²) in [6.45, 7) is 0. The molecule has 140 valence electrons. The van der Waals surface area contributed by atoms with Gasteiger partial charge in [-0.25, -0.2) is 4.39 Å². The zero-order valence-electron chi connectivity index (χ0n) is 13.0. The van der Waals surface area contributed by atoms with Gasteiger partial charge >= 0.3 is 12.1 Å². The summed E-state index contributed by atoms with van der Waals surface area (Å²) in [4.78, 5) is 22.1. The van der Waals surface area contributed by atoms with E-state index in [2.05, 4.69) is 20.3 Å². The molecule has 0 spiro atoms. The third-order valence-corrected chi connectivity index (χ3v) is 4.19. The van der Waals surface area contributed by atoms with E-state index < -0.39 is 46.9 Å². The molecule has 1 aromatic carbocycles. The van der Waals surface area contributed by atoms with Gasteiger partial charge in [-0.3, -0.25) is 9.59 Å². The van der Waals surface area contributed by atoms with Crippen LogP contribution in [-0.4, -0.2) is 40.7 Å². The summed E-state index contributed by atoms with van der Waals surface area (Å²) in [5.41, 5.74) is -1.58. The van der Waals surface area contributed by atoms with Crippen LogP contribution in [0, 0.1) is 5.82 Å². The smallest absolute Gasteiger partial charge is 0.419 e. The molecule has 1 aromatic rings. The highest BCUT2D eigenvalue weighted by atomic mass is 32.2. The van der Waals surface area contributed by atoms with Crippen molar-refractivity contribution in [1.29, 1.82) is 0 Å². The minimum absolute atomic E-state index is 0.0175. The molecule has 26 heavy (non-hydrogen) atoms. The lowest BCUT2D eigenvalue weighted by molar-refractivity contribution is -0.140. The molecule has 0 radical (unpaired) electrons. The third-order valence-electron chi connectivity index (χ3n) is 3.12. The predicted molar refractivity (Wildman–Crippen MR) is 84.8 cm³/mol. The van der Waals surface area contributed by atoms with Gasteiger partial charge in [0, 0.05) is 5.56 Å². The summed E-state index contributed by atoms with van der Waals surface area (Å²) in [7, 11) is 1.01. The van der Waals surface area contributed by atoms with E-state index in [9.17, 15) is 27.2 Å². The Hall–Kier alpha value is -2.63. The fourth-order valence-electron chi connectivity index (χ4n) is 1.99. The number of amidine groups is 1. The van der Waals surface area contributed by atoms with Crippen LogP contribution in [0.4, 0.5) is 17.6 Å². The van der Waals surface area contributed by atoms with Crippen LogP contribution in [0.2, 0.25) is 0 Å². The Balaban J connectivity index is 2.20. The molecule has 1 aliphatic heterocycles. The van der Waals surface area contributed by atoms with Gasteiger partial charge in [-0.1, -0.05) is 11.8 Å². The zero-order chi connectivity index (χ0) is 19.5. The van der Waals surface area contributed by atoms with E-state index in [0.29, 0.717) is 6.07 Å². The molecule has 0 saturated carbocycles. The first kappa shape index (κ1) is 19.7. The summed E-state index contributed by atoms with van der Waals surface area (Å²) in [5, 5.41) is 17.3. The number of carbonyl (C=O) groups is 2. The quantitative estimate of drug-likeness (QED) is 0.454. The van der Waals surface area contributed by atoms with E-state index in [1.165, 1.54) is 0 Å². The van der Waals surface area contributed by atoms with Crippen molar-refractivity contribution in [2.45, 2.75) is 17.8 Å². The molecule has 1 fully saturated rings. The van der Waals surface area contributed by atoms with Crippen LogP contribution in [0.15, 0.2) is 22.3 Å². The number of hydrogen-bond acceptors (Lipinski definition) is 6. The van der Waals surface area contributed by atoms with Crippen molar-refractivity contribution in [3.05, 3.63) is 29.1 Å². The number of thioether (sulfide) groups is 1. The van der Waals surface area contributed by atoms with E-state index in [1.54, 1.807) is 0 Å². The molecule has 0 aromatic heterocycles. The molecule has 1 atom stereocenters. The Morgan fingerprint density at radius 3 is 2.73 bits per heavy atom. The number of hydrogen-bond donors (Lipinski definition) is 2. The molecule has 1 unspecified atom stereocenters. The number of halogens is 4. The molecular weight excluding hydrogens is 382 g/mol. The van der Waals surface area contributed by atoms with Crippen molar-refractivity contribution >= 4 is 35.0 Å². The van der Waals surface area contributed by atoms with Gasteiger partial charge in [0.1, 0.15) is 5.25 Å². The fourth-order valence-corrected chi connectivity index (χ4v) is 2.90. The van der Waals surface area contributed by atoms with Crippen LogP contribution in [0.25, 0.3) is 0 Å². The fraction of sp³-hybridized carbons (Fsp3) is 0.286. The standard InChI is InChI=1S/C14H11F4N3O4S/c1-25-11-6(2-3-7(10(11)15)14(16,17)18)5-19-21-13-20-12(24)8(26-13)4-9(22)23/h2-3,5,8H,4H2,1H3,(H,22,23)(H,20,21,24). The summed E-state index contributed by atoms with van der Waals surface area (Å²) in [6, 6.07) is 1.50. The number of nitrogens with one attached hydrogen (secondary N) is 1. The van der Waals surface area contributed by atoms with Gasteiger partial charge in [0.2, 0.25) is 5.91 Å². The molecule has 1 amide bonds. The van der Waals surface area contributed by atoms with E-state index in [-0.39, 0.29) is 10.7 Å². The Labute approximate surface area is 148 Å². The van der Waals surface area contributed by atoms with Crippen LogP contribution in [0.1, 0.15) is 17.5 Å². The molecule has 12 heteroatoms. The van der Waals surface area contributed by atoms with Crippen LogP contribution in [-0.2, 0) is 15.8 Å². The average molecular weight is 393 g/mol. The zero-order valence-corrected chi connectivity index (χ0v) is 13.8. The number of amides is 1. The monoisotopic (exact) mass is 393 g/mol. The van der Waals surface area contributed by atoms with Crippen molar-refractivity contribution in [2.75, 3.05) is 7.11 Å². The third kappa shape index (κ3) is 4.50. The van der Waals surface area contributed by atoms with Crippen molar-refractivity contribution in [3.63, 3.8) is 0 Å². The Morgan fingerprint density at radius 1 is 1.46 bits per heavy atom. The number of aliphatic carboxylic acids is 1. The summed E-state index contributed by atoms with van der Waals surface area (Å²) in [6.07, 6.45) is -4.33. The molecule has 1 heterocycles. The maximum Gasteiger partial charge on any atom is 0.419 e. The molecule has 0 bridgehead atoms. The number of benzene rings is 1. The largest absolute Gasteiger partial charge is 0.493 e. The second-order valence-corrected chi connectivity index (χ2v) is 6.08. The predicted octanol–water partition coefficient (Wildman–Crippen LogP) is 2.25. The van der Waals surface area contributed by atoms with Crippen molar-refractivity contribution in [1.82, 2.24) is 5.32 Å². The highest BCUT2D eigenvalue weighted by Crippen LogP contribution is 2.36. The van der Waals surface area contributed by atoms with Gasteiger partial charge in [-0.05, 0) is 12.1 Å². The maximum absolute atomic E-state index is 13.9. The first-order valence-electron chi connectivity index (χ1n) is 6.87. The first-order valence-corrected chi connectivity index (χ1v) is 7.75. The molecule has 2 N–H and O–H groups in total. The van der Waals surface area contributed by atoms with Gasteiger partial charge in [0.05, 0.1) is 25.3 Å². The molecule has 0 aliphatic carbocycles. The molecule has 2 rings (SSSR count). The Morgan fingerprint density at radius 2 is 2.15 bits per heavy atom. The molecule has 7 nitrogen and oxygen atoms in total. The number of ether oxygens (including phenoxy) is 1. The van der Waals surface area contributed by atoms with E-state index >= 15 is 0 Å². The SMILES string of the molecule is COc1c(C=NN=C2NC(=O)C(CC(=O)O)S2)ccc(C(F)(F)F)c1F. The minimum Gasteiger partial charge on any atom is -0.493 e. The minimum atomic E-state index is -4.88. The van der Waals surface area contributed by atoms with E-state index in [4.69, 9.17) is 5.11 Å². The second-order valence-electron chi connectivity index (χ2n) is 4.89. The number of rotatable bonds is 5. The average Bonchev–Trinajstić information content (AvgIpc) is 2.85. The van der Waals surface area contributed by atoms with Gasteiger partial charge in [-0.2, -0.15) is 18.3 Å². The van der Waals surface area contributed by atoms with Gasteiger partial charge in [-0.15, -0.1) is 5.10 Å². The van der Waals surface area contributed by atoms with E-state index in [0.717, 1.165) is 31.2 Å². The highest BCUT2D eigenvalue weighted by molar-refractivity contribution is 8.15. The number of carboxylic acid groups (broad SMARTS) is 1. The second kappa shape index (κ2) is 7.72. The van der Waals surface area contributed by atoms with Crippen LogP contribution >= 0.6 is 11.8 Å². The van der Waals surface area contributed by atoms with Crippen LogP contribution in [0.5, 0.6) is 5.75 Å². The highest BCUT2D eigenvalue weighted by Gasteiger charge is 2.36. The van der Waals surface area contributed by atoms with E-state index in [1.807, 2.05) is 0 Å². The van der Waals surface area contributed by atoms with Crippen molar-refractivity contribution in [2.24, 2.45) is 10.2 Å². The Kier molecular flexibility index (Phi) is 5.85. The number of methoxy groups -OCH3 is 1. The molecule has 1 aliphatic rings. The molecule has 1 saturated heterocycles. The van der Waals surface area contributed by atoms with Crippen molar-refractivity contribution in [3.8, 4) is 5.75 Å². The number of alkyl halides is 3. The van der Waals surface area contributed by atoms with Gasteiger partial charge < -0.3 is 15.2 Å². The lowest BCUT2D eigenvalue weighted by Crippen LogP contribution is -2.26. The summed E-state index contributed by atoms with van der Waals surface area (Å²) < 4.78 is 56.6. The Bertz CT molecular complexity index is 795. The summed E-state index contributed by atoms with van der Waals surface area (Å²) >= 11 is 0.842. The number of carboxylic acids is 1. The van der Waals surface area contributed by atoms with Crippen molar-refractivity contribution < 1.29 is 37.0 Å². The lowest BCUT2D eigenvalue weighted by Gasteiger charge is -2.12. The molecular formula is C14H11F4N3O4S. The maximum atomic E-state index is 13.9. The normalized spacial score (nSPS) is 19.2. The summed E-state index contributed by atoms with van der Waals surface area (Å²) in [5.74, 6) is -3.95. The lowest BCUT2D eigenvalue weighted by atomic mass is 10.1. The topological polar surface area (TPSA) is 100 Å². The number of carbonyl (C=O) groups excluding carboxylic acids is 1.